The molecule has 0 aliphatic carbocycles. The number of oxime groups is 1. The van der Waals surface area contributed by atoms with Crippen molar-refractivity contribution in [3.8, 4) is 5.75 Å². The van der Waals surface area contributed by atoms with Crippen molar-refractivity contribution in [2.75, 3.05) is 7.11 Å². The molecular formula is C16H16N2O4. The fourth-order valence-electron chi connectivity index (χ4n) is 2.19. The zero-order chi connectivity index (χ0) is 15.4. The SMILES string of the molecule is COc1cccc(C2=NO[C@H](C(=O)NCc3ccoc3)C2)c1. The minimum absolute atomic E-state index is 0.192. The highest BCUT2D eigenvalue weighted by molar-refractivity contribution is 6.04. The van der Waals surface area contributed by atoms with E-state index in [-0.39, 0.29) is 5.91 Å². The topological polar surface area (TPSA) is 73.1 Å². The van der Waals surface area contributed by atoms with E-state index in [0.29, 0.717) is 13.0 Å². The number of hydrogen-bond donors (Lipinski definition) is 1. The van der Waals surface area contributed by atoms with Crippen molar-refractivity contribution in [2.45, 2.75) is 19.1 Å². The minimum Gasteiger partial charge on any atom is -0.497 e. The standard InChI is InChI=1S/C16H16N2O4/c1-20-13-4-2-3-12(7-13)14-8-15(22-18-14)16(19)17-9-11-5-6-21-10-11/h2-7,10,15H,8-9H2,1H3,(H,17,19)/t15-/m0/s1. The lowest BCUT2D eigenvalue weighted by molar-refractivity contribution is -0.131. The predicted molar refractivity (Wildman–Crippen MR) is 79.6 cm³/mol. The van der Waals surface area contributed by atoms with Gasteiger partial charge >= 0.3 is 0 Å². The van der Waals surface area contributed by atoms with E-state index in [4.69, 9.17) is 14.0 Å². The number of methoxy groups -OCH3 is 1. The first-order valence-electron chi connectivity index (χ1n) is 6.92. The number of carbonyl (C=O) groups excluding carboxylic acids is 1. The third kappa shape index (κ3) is 3.11. The van der Waals surface area contributed by atoms with Crippen LogP contribution in [0.2, 0.25) is 0 Å². The molecule has 114 valence electrons. The van der Waals surface area contributed by atoms with Crippen molar-refractivity contribution < 1.29 is 18.8 Å². The van der Waals surface area contributed by atoms with E-state index in [1.807, 2.05) is 24.3 Å². The Balaban J connectivity index is 1.57. The average Bonchev–Trinajstić information content (AvgIpc) is 3.24. The van der Waals surface area contributed by atoms with Crippen molar-refractivity contribution in [1.29, 1.82) is 0 Å². The van der Waals surface area contributed by atoms with Gasteiger partial charge in [-0.1, -0.05) is 17.3 Å². The Morgan fingerprint density at radius 3 is 3.14 bits per heavy atom. The van der Waals surface area contributed by atoms with Crippen LogP contribution in [0.3, 0.4) is 0 Å². The highest BCUT2D eigenvalue weighted by atomic mass is 16.6. The molecule has 0 radical (unpaired) electrons. The molecule has 0 fully saturated rings. The van der Waals surface area contributed by atoms with Gasteiger partial charge in [-0.05, 0) is 18.2 Å². The molecule has 6 nitrogen and oxygen atoms in total. The molecule has 0 saturated carbocycles. The lowest BCUT2D eigenvalue weighted by Gasteiger charge is -2.08. The van der Waals surface area contributed by atoms with Crippen LogP contribution in [0.4, 0.5) is 0 Å². The van der Waals surface area contributed by atoms with Crippen LogP contribution in [-0.4, -0.2) is 24.8 Å². The second-order valence-electron chi connectivity index (χ2n) is 4.92. The number of carbonyl (C=O) groups is 1. The molecule has 1 amide bonds. The van der Waals surface area contributed by atoms with Gasteiger partial charge in [0.15, 0.2) is 0 Å². The summed E-state index contributed by atoms with van der Waals surface area (Å²) in [5.41, 5.74) is 2.53. The number of hydrogen-bond acceptors (Lipinski definition) is 5. The Labute approximate surface area is 127 Å². The first-order valence-corrected chi connectivity index (χ1v) is 6.92. The minimum atomic E-state index is -0.604. The maximum absolute atomic E-state index is 12.1. The number of furan rings is 1. The number of rotatable bonds is 5. The molecule has 2 heterocycles. The van der Waals surface area contributed by atoms with Crippen molar-refractivity contribution in [3.63, 3.8) is 0 Å². The molecule has 1 N–H and O–H groups in total. The number of ether oxygens (including phenoxy) is 1. The van der Waals surface area contributed by atoms with Gasteiger partial charge in [0.1, 0.15) is 5.75 Å². The zero-order valence-corrected chi connectivity index (χ0v) is 12.1. The van der Waals surface area contributed by atoms with E-state index in [1.54, 1.807) is 25.7 Å². The lowest BCUT2D eigenvalue weighted by atomic mass is 10.0. The molecule has 1 aliphatic rings. The van der Waals surface area contributed by atoms with E-state index in [0.717, 1.165) is 22.6 Å². The van der Waals surface area contributed by atoms with Crippen LogP contribution >= 0.6 is 0 Å². The van der Waals surface area contributed by atoms with Crippen molar-refractivity contribution in [2.24, 2.45) is 5.16 Å². The van der Waals surface area contributed by atoms with Crippen LogP contribution in [0.1, 0.15) is 17.5 Å². The summed E-state index contributed by atoms with van der Waals surface area (Å²) in [6, 6.07) is 9.32. The summed E-state index contributed by atoms with van der Waals surface area (Å²) in [6.07, 6.45) is 2.99. The average molecular weight is 300 g/mol. The van der Waals surface area contributed by atoms with E-state index >= 15 is 0 Å². The van der Waals surface area contributed by atoms with Crippen molar-refractivity contribution >= 4 is 11.6 Å². The lowest BCUT2D eigenvalue weighted by Crippen LogP contribution is -2.34. The van der Waals surface area contributed by atoms with Crippen molar-refractivity contribution in [3.05, 3.63) is 54.0 Å². The quantitative estimate of drug-likeness (QED) is 0.917. The summed E-state index contributed by atoms with van der Waals surface area (Å²) in [5.74, 6) is 0.552. The number of benzene rings is 1. The van der Waals surface area contributed by atoms with Crippen LogP contribution in [0.25, 0.3) is 0 Å². The Morgan fingerprint density at radius 2 is 2.36 bits per heavy atom. The summed E-state index contributed by atoms with van der Waals surface area (Å²) in [4.78, 5) is 17.3. The van der Waals surface area contributed by atoms with Gasteiger partial charge in [-0.15, -0.1) is 0 Å². The van der Waals surface area contributed by atoms with Crippen LogP contribution < -0.4 is 10.1 Å². The van der Waals surface area contributed by atoms with Crippen LogP contribution in [0.15, 0.2) is 52.4 Å². The third-order valence-electron chi connectivity index (χ3n) is 3.41. The first-order chi connectivity index (χ1) is 10.8. The van der Waals surface area contributed by atoms with E-state index in [2.05, 4.69) is 10.5 Å². The predicted octanol–water partition coefficient (Wildman–Crippen LogP) is 2.10. The maximum atomic E-state index is 12.1. The van der Waals surface area contributed by atoms with E-state index in [1.165, 1.54) is 0 Å². The molecule has 1 aliphatic heterocycles. The van der Waals surface area contributed by atoms with Gasteiger partial charge < -0.3 is 19.3 Å². The Kier molecular flexibility index (Phi) is 4.09. The molecule has 0 bridgehead atoms. The van der Waals surface area contributed by atoms with Crippen LogP contribution in [0, 0.1) is 0 Å². The number of amides is 1. The second kappa shape index (κ2) is 6.34. The van der Waals surface area contributed by atoms with E-state index in [9.17, 15) is 4.79 Å². The first kappa shape index (κ1) is 14.2. The summed E-state index contributed by atoms with van der Waals surface area (Å²) >= 11 is 0. The van der Waals surface area contributed by atoms with Crippen LogP contribution in [0.5, 0.6) is 5.75 Å². The fraction of sp³-hybridized carbons (Fsp3) is 0.250. The molecule has 0 spiro atoms. The van der Waals surface area contributed by atoms with Gasteiger partial charge in [-0.25, -0.2) is 0 Å². The molecule has 0 unspecified atom stereocenters. The monoisotopic (exact) mass is 300 g/mol. The largest absolute Gasteiger partial charge is 0.497 e. The Hall–Kier alpha value is -2.76. The van der Waals surface area contributed by atoms with Gasteiger partial charge in [0.05, 0.1) is 25.3 Å². The molecule has 1 atom stereocenters. The summed E-state index contributed by atoms with van der Waals surface area (Å²) in [6.45, 7) is 0.406. The highest BCUT2D eigenvalue weighted by Gasteiger charge is 2.28. The third-order valence-corrected chi connectivity index (χ3v) is 3.41. The normalized spacial score (nSPS) is 16.8. The maximum Gasteiger partial charge on any atom is 0.264 e. The second-order valence-corrected chi connectivity index (χ2v) is 4.92. The molecule has 22 heavy (non-hydrogen) atoms. The van der Waals surface area contributed by atoms with Gasteiger partial charge in [-0.2, -0.15) is 0 Å². The molecule has 0 saturated heterocycles. The molecule has 1 aromatic heterocycles. The Bertz CT molecular complexity index is 679. The summed E-state index contributed by atoms with van der Waals surface area (Å²) in [7, 11) is 1.61. The van der Waals surface area contributed by atoms with Gasteiger partial charge in [0, 0.05) is 24.1 Å². The van der Waals surface area contributed by atoms with Crippen molar-refractivity contribution in [1.82, 2.24) is 5.32 Å². The Morgan fingerprint density at radius 1 is 1.45 bits per heavy atom. The molecule has 2 aromatic rings. The molecule has 1 aromatic carbocycles. The molecule has 3 rings (SSSR count). The summed E-state index contributed by atoms with van der Waals surface area (Å²) in [5, 5.41) is 6.81. The smallest absolute Gasteiger partial charge is 0.264 e. The van der Waals surface area contributed by atoms with Crippen LogP contribution in [-0.2, 0) is 16.2 Å². The zero-order valence-electron chi connectivity index (χ0n) is 12.1. The fourth-order valence-corrected chi connectivity index (χ4v) is 2.19. The molecule has 6 heteroatoms. The number of nitrogens with one attached hydrogen (secondary N) is 1. The highest BCUT2D eigenvalue weighted by Crippen LogP contribution is 2.20. The summed E-state index contributed by atoms with van der Waals surface area (Å²) < 4.78 is 10.1. The number of nitrogens with zero attached hydrogens (tertiary/aromatic N) is 1. The van der Waals surface area contributed by atoms with Gasteiger partial charge in [0.25, 0.3) is 5.91 Å². The molecular weight excluding hydrogens is 284 g/mol. The van der Waals surface area contributed by atoms with Gasteiger partial charge in [-0.3, -0.25) is 4.79 Å². The van der Waals surface area contributed by atoms with Gasteiger partial charge in [0.2, 0.25) is 6.10 Å². The van der Waals surface area contributed by atoms with E-state index < -0.39 is 6.10 Å².